The standard InChI is InChI=1S/C19H23ClN2O5S/c1-13(2)27-19(24)14-4-9-17(21-10-3-11-23)18(12-14)28(25,26)22-16-7-5-15(20)6-8-16/h4-9,12-13,21-23H,3,10-11H2,1-2H3. The number of sulfonamides is 1. The van der Waals surface area contributed by atoms with E-state index in [4.69, 9.17) is 21.4 Å². The van der Waals surface area contributed by atoms with Crippen LogP contribution in [0.1, 0.15) is 30.6 Å². The first-order chi connectivity index (χ1) is 13.2. The second-order valence-electron chi connectivity index (χ2n) is 6.28. The lowest BCUT2D eigenvalue weighted by molar-refractivity contribution is 0.0377. The second-order valence-corrected chi connectivity index (χ2v) is 8.37. The molecule has 28 heavy (non-hydrogen) atoms. The van der Waals surface area contributed by atoms with Crippen LogP contribution in [0.3, 0.4) is 0 Å². The summed E-state index contributed by atoms with van der Waals surface area (Å²) in [6.45, 7) is 3.76. The minimum atomic E-state index is -4.00. The molecule has 0 amide bonds. The van der Waals surface area contributed by atoms with Crippen LogP contribution in [0, 0.1) is 0 Å². The lowest BCUT2D eigenvalue weighted by Crippen LogP contribution is -2.18. The molecule has 2 rings (SSSR count). The van der Waals surface area contributed by atoms with Crippen molar-refractivity contribution < 1.29 is 23.1 Å². The van der Waals surface area contributed by atoms with E-state index in [-0.39, 0.29) is 23.2 Å². The van der Waals surface area contributed by atoms with Gasteiger partial charge in [0.1, 0.15) is 4.90 Å². The molecule has 2 aromatic carbocycles. The average Bonchev–Trinajstić information content (AvgIpc) is 2.63. The van der Waals surface area contributed by atoms with Crippen LogP contribution in [0.5, 0.6) is 0 Å². The number of halogens is 1. The summed E-state index contributed by atoms with van der Waals surface area (Å²) in [5.41, 5.74) is 0.773. The number of aliphatic hydroxyl groups excluding tert-OH is 1. The van der Waals surface area contributed by atoms with Gasteiger partial charge in [-0.05, 0) is 62.7 Å². The Labute approximate surface area is 169 Å². The number of hydrogen-bond acceptors (Lipinski definition) is 6. The van der Waals surface area contributed by atoms with Gasteiger partial charge in [-0.25, -0.2) is 13.2 Å². The molecule has 0 saturated heterocycles. The number of aliphatic hydroxyl groups is 1. The average molecular weight is 427 g/mol. The predicted molar refractivity (Wildman–Crippen MR) is 109 cm³/mol. The summed E-state index contributed by atoms with van der Waals surface area (Å²) in [6.07, 6.45) is 0.114. The van der Waals surface area contributed by atoms with E-state index in [1.807, 2.05) is 0 Å². The fourth-order valence-electron chi connectivity index (χ4n) is 2.33. The van der Waals surface area contributed by atoms with Crippen LogP contribution >= 0.6 is 11.6 Å². The molecule has 0 aliphatic carbocycles. The fourth-order valence-corrected chi connectivity index (χ4v) is 3.72. The van der Waals surface area contributed by atoms with Crippen LogP contribution in [0.2, 0.25) is 5.02 Å². The highest BCUT2D eigenvalue weighted by Gasteiger charge is 2.22. The number of carbonyl (C=O) groups excluding carboxylic acids is 1. The Morgan fingerprint density at radius 1 is 1.18 bits per heavy atom. The van der Waals surface area contributed by atoms with Crippen molar-refractivity contribution >= 4 is 39.0 Å². The summed E-state index contributed by atoms with van der Waals surface area (Å²) in [4.78, 5) is 12.1. The van der Waals surface area contributed by atoms with E-state index < -0.39 is 16.0 Å². The third kappa shape index (κ3) is 6.12. The van der Waals surface area contributed by atoms with E-state index in [0.29, 0.717) is 29.4 Å². The molecule has 0 unspecified atom stereocenters. The lowest BCUT2D eigenvalue weighted by atomic mass is 10.2. The number of rotatable bonds is 9. The molecule has 2 aromatic rings. The third-order valence-corrected chi connectivity index (χ3v) is 5.27. The van der Waals surface area contributed by atoms with Gasteiger partial charge in [0, 0.05) is 23.9 Å². The number of hydrogen-bond donors (Lipinski definition) is 3. The Morgan fingerprint density at radius 2 is 1.86 bits per heavy atom. The van der Waals surface area contributed by atoms with E-state index in [2.05, 4.69) is 10.0 Å². The Morgan fingerprint density at radius 3 is 2.46 bits per heavy atom. The quantitative estimate of drug-likeness (QED) is 0.418. The summed E-state index contributed by atoms with van der Waals surface area (Å²) in [5, 5.41) is 12.4. The first-order valence-electron chi connectivity index (χ1n) is 8.71. The van der Waals surface area contributed by atoms with Gasteiger partial charge in [-0.15, -0.1) is 0 Å². The molecule has 0 atom stereocenters. The van der Waals surface area contributed by atoms with Crippen LogP contribution in [0.4, 0.5) is 11.4 Å². The van der Waals surface area contributed by atoms with Crippen molar-refractivity contribution in [1.82, 2.24) is 0 Å². The molecule has 0 radical (unpaired) electrons. The molecule has 0 spiro atoms. The first kappa shape index (κ1) is 22.0. The van der Waals surface area contributed by atoms with E-state index in [9.17, 15) is 13.2 Å². The molecule has 0 fully saturated rings. The van der Waals surface area contributed by atoms with Gasteiger partial charge >= 0.3 is 5.97 Å². The molecule has 7 nitrogen and oxygen atoms in total. The maximum Gasteiger partial charge on any atom is 0.338 e. The number of benzene rings is 2. The zero-order valence-electron chi connectivity index (χ0n) is 15.6. The van der Waals surface area contributed by atoms with Crippen LogP contribution < -0.4 is 10.0 Å². The van der Waals surface area contributed by atoms with Crippen molar-refractivity contribution in [2.45, 2.75) is 31.3 Å². The van der Waals surface area contributed by atoms with Crippen molar-refractivity contribution in [2.75, 3.05) is 23.2 Å². The largest absolute Gasteiger partial charge is 0.459 e. The SMILES string of the molecule is CC(C)OC(=O)c1ccc(NCCCO)c(S(=O)(=O)Nc2ccc(Cl)cc2)c1. The van der Waals surface area contributed by atoms with Crippen molar-refractivity contribution in [2.24, 2.45) is 0 Å². The zero-order chi connectivity index (χ0) is 20.7. The molecular weight excluding hydrogens is 404 g/mol. The molecule has 0 aliphatic rings. The second kappa shape index (κ2) is 9.77. The zero-order valence-corrected chi connectivity index (χ0v) is 17.2. The molecule has 3 N–H and O–H groups in total. The Kier molecular flexibility index (Phi) is 7.68. The van der Waals surface area contributed by atoms with E-state index in [1.165, 1.54) is 30.3 Å². The van der Waals surface area contributed by atoms with Crippen molar-refractivity contribution in [3.8, 4) is 0 Å². The van der Waals surface area contributed by atoms with Crippen LogP contribution in [0.25, 0.3) is 0 Å². The summed E-state index contributed by atoms with van der Waals surface area (Å²) in [5.74, 6) is -0.611. The summed E-state index contributed by atoms with van der Waals surface area (Å²) >= 11 is 5.83. The van der Waals surface area contributed by atoms with E-state index in [1.54, 1.807) is 26.0 Å². The fraction of sp³-hybridized carbons (Fsp3) is 0.316. The van der Waals surface area contributed by atoms with Gasteiger partial charge in [0.25, 0.3) is 10.0 Å². The van der Waals surface area contributed by atoms with Crippen LogP contribution in [0.15, 0.2) is 47.4 Å². The Bertz CT molecular complexity index is 914. The van der Waals surface area contributed by atoms with Gasteiger partial charge in [0.2, 0.25) is 0 Å². The predicted octanol–water partition coefficient (Wildman–Crippen LogP) is 3.50. The smallest absolute Gasteiger partial charge is 0.338 e. The summed E-state index contributed by atoms with van der Waals surface area (Å²) < 4.78 is 33.5. The molecule has 0 aromatic heterocycles. The highest BCUT2D eigenvalue weighted by atomic mass is 35.5. The maximum absolute atomic E-state index is 13.0. The monoisotopic (exact) mass is 426 g/mol. The molecule has 9 heteroatoms. The minimum Gasteiger partial charge on any atom is -0.459 e. The number of carbonyl (C=O) groups is 1. The number of esters is 1. The molecule has 0 bridgehead atoms. The van der Waals surface area contributed by atoms with Crippen LogP contribution in [-0.2, 0) is 14.8 Å². The third-order valence-electron chi connectivity index (χ3n) is 3.60. The van der Waals surface area contributed by atoms with Gasteiger partial charge in [0.05, 0.1) is 17.4 Å². The highest BCUT2D eigenvalue weighted by molar-refractivity contribution is 7.92. The van der Waals surface area contributed by atoms with Gasteiger partial charge in [0.15, 0.2) is 0 Å². The van der Waals surface area contributed by atoms with Gasteiger partial charge in [-0.2, -0.15) is 0 Å². The van der Waals surface area contributed by atoms with Crippen LogP contribution in [-0.4, -0.2) is 38.7 Å². The highest BCUT2D eigenvalue weighted by Crippen LogP contribution is 2.26. The minimum absolute atomic E-state index is 0.0308. The number of nitrogens with one attached hydrogen (secondary N) is 2. The van der Waals surface area contributed by atoms with E-state index >= 15 is 0 Å². The van der Waals surface area contributed by atoms with Crippen molar-refractivity contribution in [3.05, 3.63) is 53.1 Å². The molecule has 0 aliphatic heterocycles. The molecule has 0 heterocycles. The lowest BCUT2D eigenvalue weighted by Gasteiger charge is -2.16. The Hall–Kier alpha value is -2.29. The van der Waals surface area contributed by atoms with Crippen molar-refractivity contribution in [3.63, 3.8) is 0 Å². The topological polar surface area (TPSA) is 105 Å². The van der Waals surface area contributed by atoms with Gasteiger partial charge in [-0.3, -0.25) is 4.72 Å². The number of anilines is 2. The molecular formula is C19H23ClN2O5S. The molecule has 0 saturated carbocycles. The number of ether oxygens (including phenoxy) is 1. The van der Waals surface area contributed by atoms with Crippen molar-refractivity contribution in [1.29, 1.82) is 0 Å². The van der Waals surface area contributed by atoms with Gasteiger partial charge in [-0.1, -0.05) is 11.6 Å². The van der Waals surface area contributed by atoms with Gasteiger partial charge < -0.3 is 15.2 Å². The normalized spacial score (nSPS) is 11.3. The summed E-state index contributed by atoms with van der Waals surface area (Å²) in [6, 6.07) is 10.5. The summed E-state index contributed by atoms with van der Waals surface area (Å²) in [7, 11) is -4.00. The first-order valence-corrected chi connectivity index (χ1v) is 10.6. The maximum atomic E-state index is 13.0. The molecule has 152 valence electrons. The Balaban J connectivity index is 2.40. The van der Waals surface area contributed by atoms with E-state index in [0.717, 1.165) is 0 Å².